The number of phenolic OH excluding ortho intramolecular Hbond substituents is 1. The van der Waals surface area contributed by atoms with E-state index in [-0.39, 0.29) is 17.6 Å². The van der Waals surface area contributed by atoms with E-state index in [1.54, 1.807) is 18.2 Å². The molecule has 164 valence electrons. The van der Waals surface area contributed by atoms with Crippen LogP contribution in [0.4, 0.5) is 0 Å². The lowest BCUT2D eigenvalue weighted by Gasteiger charge is -2.10. The van der Waals surface area contributed by atoms with Gasteiger partial charge in [0.2, 0.25) is 0 Å². The molecule has 4 N–H and O–H groups in total. The van der Waals surface area contributed by atoms with Crippen LogP contribution < -0.4 is 10.7 Å². The van der Waals surface area contributed by atoms with E-state index in [2.05, 4.69) is 20.8 Å². The summed E-state index contributed by atoms with van der Waals surface area (Å²) in [5.74, 6) is -0.169. The molecule has 2 aromatic rings. The molecule has 0 atom stereocenters. The van der Waals surface area contributed by atoms with E-state index in [1.165, 1.54) is 0 Å². The lowest BCUT2D eigenvalue weighted by Crippen LogP contribution is -2.31. The topological polar surface area (TPSA) is 110 Å². The van der Waals surface area contributed by atoms with Crippen molar-refractivity contribution in [3.8, 4) is 5.75 Å². The molecule has 31 heavy (non-hydrogen) atoms. The van der Waals surface area contributed by atoms with Crippen LogP contribution >= 0.6 is 0 Å². The molecule has 1 aliphatic heterocycles. The number of rotatable bonds is 8. The van der Waals surface area contributed by atoms with Crippen LogP contribution in [0, 0.1) is 13.8 Å². The second-order valence-electron chi connectivity index (χ2n) is 7.95. The number of hydrogen-bond donors (Lipinski definition) is 4. The number of aromatic nitrogens is 1. The number of carbonyl (C=O) groups excluding carboxylic acids is 2. The lowest BCUT2D eigenvalue weighted by atomic mass is 10.0. The van der Waals surface area contributed by atoms with Gasteiger partial charge in [-0.25, -0.2) is 5.43 Å². The largest absolute Gasteiger partial charge is 0.508 e. The molecule has 1 aromatic carbocycles. The Hall–Kier alpha value is -3.39. The zero-order valence-corrected chi connectivity index (χ0v) is 18.4. The summed E-state index contributed by atoms with van der Waals surface area (Å²) < 4.78 is 0. The van der Waals surface area contributed by atoms with Crippen LogP contribution in [-0.4, -0.2) is 59.7 Å². The van der Waals surface area contributed by atoms with E-state index in [0.717, 1.165) is 29.1 Å². The summed E-state index contributed by atoms with van der Waals surface area (Å²) in [5.41, 5.74) is 7.61. The molecule has 8 heteroatoms. The Morgan fingerprint density at radius 2 is 1.90 bits per heavy atom. The monoisotopic (exact) mass is 423 g/mol. The average Bonchev–Trinajstić information content (AvgIpc) is 3.20. The fourth-order valence-corrected chi connectivity index (χ4v) is 3.52. The van der Waals surface area contributed by atoms with Crippen molar-refractivity contribution in [2.75, 3.05) is 27.2 Å². The molecule has 0 radical (unpaired) electrons. The molecule has 0 saturated heterocycles. The Bertz CT molecular complexity index is 1030. The number of aromatic hydroxyl groups is 1. The number of phenols is 1. The fraction of sp³-hybridized carbons (Fsp3) is 0.348. The molecule has 3 rings (SSSR count). The first-order chi connectivity index (χ1) is 14.8. The molecule has 0 spiro atoms. The standard InChI is InChI=1S/C23H29N5O3/c1-14-20(25-15(2)21(14)23(31)24-11-12-28(3)4)13-18-19(26-27-22(18)30)10-7-16-5-8-17(29)9-6-16/h5-6,8-9,13,25,29H,7,10-12H2,1-4H3,(H,24,31)(H,27,30). The summed E-state index contributed by atoms with van der Waals surface area (Å²) in [7, 11) is 3.91. The van der Waals surface area contributed by atoms with Crippen molar-refractivity contribution in [1.29, 1.82) is 0 Å². The van der Waals surface area contributed by atoms with E-state index in [9.17, 15) is 14.7 Å². The number of hydrogen-bond acceptors (Lipinski definition) is 5. The van der Waals surface area contributed by atoms with Crippen molar-refractivity contribution < 1.29 is 14.7 Å². The number of aromatic amines is 1. The van der Waals surface area contributed by atoms with Crippen LogP contribution in [0.3, 0.4) is 0 Å². The Morgan fingerprint density at radius 1 is 1.19 bits per heavy atom. The van der Waals surface area contributed by atoms with Crippen molar-refractivity contribution in [1.82, 2.24) is 20.6 Å². The third kappa shape index (κ3) is 5.40. The van der Waals surface area contributed by atoms with Crippen LogP contribution in [0.25, 0.3) is 6.08 Å². The van der Waals surface area contributed by atoms with Gasteiger partial charge in [-0.3, -0.25) is 9.59 Å². The molecule has 1 aromatic heterocycles. The van der Waals surface area contributed by atoms with Gasteiger partial charge in [0.15, 0.2) is 0 Å². The number of nitrogens with zero attached hydrogens (tertiary/aromatic N) is 2. The summed E-state index contributed by atoms with van der Waals surface area (Å²) in [6, 6.07) is 6.98. The number of H-pyrrole nitrogens is 1. The van der Waals surface area contributed by atoms with E-state index >= 15 is 0 Å². The molecule has 8 nitrogen and oxygen atoms in total. The van der Waals surface area contributed by atoms with Crippen LogP contribution in [0.15, 0.2) is 34.9 Å². The number of aryl methyl sites for hydroxylation is 2. The fourth-order valence-electron chi connectivity index (χ4n) is 3.52. The first-order valence-corrected chi connectivity index (χ1v) is 10.2. The summed E-state index contributed by atoms with van der Waals surface area (Å²) in [4.78, 5) is 30.2. The maximum absolute atomic E-state index is 12.6. The second-order valence-corrected chi connectivity index (χ2v) is 7.95. The average molecular weight is 424 g/mol. The Morgan fingerprint density at radius 3 is 2.58 bits per heavy atom. The van der Waals surface area contributed by atoms with Gasteiger partial charge in [0, 0.05) is 24.5 Å². The van der Waals surface area contributed by atoms with Gasteiger partial charge in [-0.1, -0.05) is 12.1 Å². The predicted octanol–water partition coefficient (Wildman–Crippen LogP) is 2.13. The first-order valence-electron chi connectivity index (χ1n) is 10.2. The SMILES string of the molecule is Cc1[nH]c(C=C2C(=O)NN=C2CCc2ccc(O)cc2)c(C)c1C(=O)NCCN(C)C. The van der Waals surface area contributed by atoms with Gasteiger partial charge in [-0.2, -0.15) is 5.10 Å². The molecular formula is C23H29N5O3. The molecule has 2 heterocycles. The Labute approximate surface area is 182 Å². The normalized spacial score (nSPS) is 14.8. The zero-order valence-electron chi connectivity index (χ0n) is 18.4. The van der Waals surface area contributed by atoms with E-state index < -0.39 is 0 Å². The summed E-state index contributed by atoms with van der Waals surface area (Å²) in [6.45, 7) is 5.04. The molecule has 0 saturated carbocycles. The Kier molecular flexibility index (Phi) is 6.91. The molecule has 0 unspecified atom stereocenters. The number of nitrogens with one attached hydrogen (secondary N) is 3. The highest BCUT2D eigenvalue weighted by atomic mass is 16.3. The smallest absolute Gasteiger partial charge is 0.273 e. The van der Waals surface area contributed by atoms with Crippen LogP contribution in [0.2, 0.25) is 0 Å². The summed E-state index contributed by atoms with van der Waals surface area (Å²) in [6.07, 6.45) is 3.02. The first kappa shape index (κ1) is 22.3. The van der Waals surface area contributed by atoms with E-state index in [0.29, 0.717) is 36.2 Å². The minimum absolute atomic E-state index is 0.130. The van der Waals surface area contributed by atoms with Gasteiger partial charge >= 0.3 is 0 Å². The summed E-state index contributed by atoms with van der Waals surface area (Å²) in [5, 5.41) is 16.5. The van der Waals surface area contributed by atoms with Crippen molar-refractivity contribution in [3.63, 3.8) is 0 Å². The van der Waals surface area contributed by atoms with Gasteiger partial charge in [0.1, 0.15) is 5.75 Å². The van der Waals surface area contributed by atoms with Gasteiger partial charge in [-0.05, 0) is 70.1 Å². The number of benzene rings is 1. The van der Waals surface area contributed by atoms with E-state index in [4.69, 9.17) is 0 Å². The molecule has 0 fully saturated rings. The molecule has 1 aliphatic rings. The third-order valence-corrected chi connectivity index (χ3v) is 5.27. The number of hydrazone groups is 1. The highest BCUT2D eigenvalue weighted by molar-refractivity contribution is 6.27. The van der Waals surface area contributed by atoms with Gasteiger partial charge in [0.05, 0.1) is 16.8 Å². The zero-order chi connectivity index (χ0) is 22.5. The van der Waals surface area contributed by atoms with Crippen LogP contribution in [0.1, 0.15) is 39.3 Å². The maximum Gasteiger partial charge on any atom is 0.273 e. The molecule has 2 amide bonds. The Balaban J connectivity index is 1.76. The maximum atomic E-state index is 12.6. The minimum atomic E-state index is -0.260. The minimum Gasteiger partial charge on any atom is -0.508 e. The van der Waals surface area contributed by atoms with Gasteiger partial charge < -0.3 is 20.3 Å². The van der Waals surface area contributed by atoms with E-state index in [1.807, 2.05) is 45.0 Å². The van der Waals surface area contributed by atoms with Gasteiger partial charge in [0.25, 0.3) is 11.8 Å². The molecule has 0 bridgehead atoms. The number of carbonyl (C=O) groups is 2. The molecular weight excluding hydrogens is 394 g/mol. The quantitative estimate of drug-likeness (QED) is 0.488. The highest BCUT2D eigenvalue weighted by Gasteiger charge is 2.24. The second kappa shape index (κ2) is 9.61. The van der Waals surface area contributed by atoms with Crippen molar-refractivity contribution >= 4 is 23.6 Å². The van der Waals surface area contributed by atoms with Crippen molar-refractivity contribution in [3.05, 3.63) is 57.9 Å². The molecule has 0 aliphatic carbocycles. The number of amides is 2. The van der Waals surface area contributed by atoms with Gasteiger partial charge in [-0.15, -0.1) is 0 Å². The highest BCUT2D eigenvalue weighted by Crippen LogP contribution is 2.23. The van der Waals surface area contributed by atoms with Crippen molar-refractivity contribution in [2.24, 2.45) is 5.10 Å². The van der Waals surface area contributed by atoms with Crippen LogP contribution in [0.5, 0.6) is 5.75 Å². The number of likely N-dealkylation sites (N-methyl/N-ethyl adjacent to an activating group) is 1. The van der Waals surface area contributed by atoms with Crippen LogP contribution in [-0.2, 0) is 11.2 Å². The summed E-state index contributed by atoms with van der Waals surface area (Å²) >= 11 is 0. The lowest BCUT2D eigenvalue weighted by molar-refractivity contribution is -0.116. The predicted molar refractivity (Wildman–Crippen MR) is 121 cm³/mol. The third-order valence-electron chi connectivity index (χ3n) is 5.27. The van der Waals surface area contributed by atoms with Crippen molar-refractivity contribution in [2.45, 2.75) is 26.7 Å².